The normalized spacial score (nSPS) is 11.9. The van der Waals surface area contributed by atoms with Crippen molar-refractivity contribution in [3.63, 3.8) is 0 Å². The molecule has 0 aliphatic heterocycles. The van der Waals surface area contributed by atoms with Crippen molar-refractivity contribution in [3.05, 3.63) is 63.6 Å². The van der Waals surface area contributed by atoms with Crippen LogP contribution in [0.3, 0.4) is 0 Å². The minimum absolute atomic E-state index is 0.289. The number of carboxylic acid groups (broad SMARTS) is 1. The van der Waals surface area contributed by atoms with E-state index in [9.17, 15) is 9.90 Å². The van der Waals surface area contributed by atoms with E-state index in [-0.39, 0.29) is 6.42 Å². The fourth-order valence-electron chi connectivity index (χ4n) is 1.73. The molecule has 2 aromatic carbocycles. The van der Waals surface area contributed by atoms with E-state index in [1.165, 1.54) is 0 Å². The molecule has 20 heavy (non-hydrogen) atoms. The van der Waals surface area contributed by atoms with Crippen molar-refractivity contribution in [3.8, 4) is 5.75 Å². The largest absolute Gasteiger partial charge is 0.478 e. The van der Waals surface area contributed by atoms with Crippen molar-refractivity contribution in [2.24, 2.45) is 0 Å². The van der Waals surface area contributed by atoms with Gasteiger partial charge < -0.3 is 9.84 Å². The molecule has 0 amide bonds. The van der Waals surface area contributed by atoms with E-state index in [0.29, 0.717) is 10.8 Å². The first-order valence-electron chi connectivity index (χ1n) is 5.94. The highest BCUT2D eigenvalue weighted by molar-refractivity contribution is 9.10. The SMILES string of the molecule is O=C(O)[C@H](Cc1cccc(Br)c1)Oc1ccc(Cl)cc1. The number of rotatable bonds is 5. The summed E-state index contributed by atoms with van der Waals surface area (Å²) in [6.07, 6.45) is -0.650. The molecule has 0 bridgehead atoms. The van der Waals surface area contributed by atoms with Crippen LogP contribution in [0.2, 0.25) is 5.02 Å². The molecule has 0 radical (unpaired) electrons. The third kappa shape index (κ3) is 4.25. The van der Waals surface area contributed by atoms with Gasteiger partial charge in [0.1, 0.15) is 5.75 Å². The van der Waals surface area contributed by atoms with Gasteiger partial charge in [-0.05, 0) is 42.0 Å². The first-order chi connectivity index (χ1) is 9.54. The summed E-state index contributed by atoms with van der Waals surface area (Å²) in [6.45, 7) is 0. The van der Waals surface area contributed by atoms with E-state index < -0.39 is 12.1 Å². The van der Waals surface area contributed by atoms with Gasteiger partial charge in [-0.3, -0.25) is 0 Å². The molecule has 0 heterocycles. The van der Waals surface area contributed by atoms with E-state index in [1.54, 1.807) is 24.3 Å². The summed E-state index contributed by atoms with van der Waals surface area (Å²) in [5.74, 6) is -0.517. The van der Waals surface area contributed by atoms with E-state index in [4.69, 9.17) is 16.3 Å². The second kappa shape index (κ2) is 6.77. The fourth-order valence-corrected chi connectivity index (χ4v) is 2.31. The number of halogens is 2. The highest BCUT2D eigenvalue weighted by Crippen LogP contribution is 2.19. The molecule has 3 nitrogen and oxygen atoms in total. The van der Waals surface area contributed by atoms with Crippen LogP contribution in [-0.4, -0.2) is 17.2 Å². The summed E-state index contributed by atoms with van der Waals surface area (Å²) < 4.78 is 6.41. The van der Waals surface area contributed by atoms with Crippen LogP contribution in [0.15, 0.2) is 53.0 Å². The Balaban J connectivity index is 2.11. The topological polar surface area (TPSA) is 46.5 Å². The van der Waals surface area contributed by atoms with Crippen molar-refractivity contribution < 1.29 is 14.6 Å². The zero-order valence-corrected chi connectivity index (χ0v) is 12.8. The molecule has 1 N–H and O–H groups in total. The van der Waals surface area contributed by atoms with Crippen molar-refractivity contribution in [1.29, 1.82) is 0 Å². The quantitative estimate of drug-likeness (QED) is 0.875. The smallest absolute Gasteiger partial charge is 0.345 e. The zero-order valence-electron chi connectivity index (χ0n) is 10.4. The van der Waals surface area contributed by atoms with Crippen molar-refractivity contribution in [2.75, 3.05) is 0 Å². The van der Waals surface area contributed by atoms with Gasteiger partial charge in [0.15, 0.2) is 6.10 Å². The Morgan fingerprint density at radius 3 is 2.55 bits per heavy atom. The summed E-state index contributed by atoms with van der Waals surface area (Å²) >= 11 is 9.14. The lowest BCUT2D eigenvalue weighted by molar-refractivity contribution is -0.145. The molecule has 104 valence electrons. The lowest BCUT2D eigenvalue weighted by Crippen LogP contribution is -2.29. The van der Waals surface area contributed by atoms with Crippen LogP contribution in [0.25, 0.3) is 0 Å². The van der Waals surface area contributed by atoms with Gasteiger partial charge in [0, 0.05) is 15.9 Å². The highest BCUT2D eigenvalue weighted by atomic mass is 79.9. The number of hydrogen-bond acceptors (Lipinski definition) is 2. The number of aliphatic carboxylic acids is 1. The molecule has 5 heteroatoms. The average Bonchev–Trinajstić information content (AvgIpc) is 2.40. The molecule has 0 unspecified atom stereocenters. The third-order valence-electron chi connectivity index (χ3n) is 2.68. The fraction of sp³-hybridized carbons (Fsp3) is 0.133. The average molecular weight is 356 g/mol. The van der Waals surface area contributed by atoms with E-state index in [1.807, 2.05) is 24.3 Å². The van der Waals surface area contributed by atoms with Gasteiger partial charge >= 0.3 is 5.97 Å². The zero-order chi connectivity index (χ0) is 14.5. The van der Waals surface area contributed by atoms with Crippen LogP contribution >= 0.6 is 27.5 Å². The van der Waals surface area contributed by atoms with Crippen molar-refractivity contribution >= 4 is 33.5 Å². The molecular weight excluding hydrogens is 344 g/mol. The van der Waals surface area contributed by atoms with Crippen molar-refractivity contribution in [2.45, 2.75) is 12.5 Å². The van der Waals surface area contributed by atoms with Gasteiger partial charge in [-0.1, -0.05) is 39.7 Å². The van der Waals surface area contributed by atoms with Gasteiger partial charge in [-0.15, -0.1) is 0 Å². The number of benzene rings is 2. The molecule has 0 aliphatic rings. The van der Waals surface area contributed by atoms with Gasteiger partial charge in [0.05, 0.1) is 0 Å². The van der Waals surface area contributed by atoms with Crippen molar-refractivity contribution in [1.82, 2.24) is 0 Å². The Kier molecular flexibility index (Phi) is 5.04. The lowest BCUT2D eigenvalue weighted by atomic mass is 10.1. The number of carbonyl (C=O) groups is 1. The molecule has 0 aliphatic carbocycles. The van der Waals surface area contributed by atoms with E-state index in [0.717, 1.165) is 10.0 Å². The first kappa shape index (κ1) is 14.9. The van der Waals surface area contributed by atoms with Gasteiger partial charge in [0.2, 0.25) is 0 Å². The monoisotopic (exact) mass is 354 g/mol. The summed E-state index contributed by atoms with van der Waals surface area (Å²) in [5, 5.41) is 9.84. The highest BCUT2D eigenvalue weighted by Gasteiger charge is 2.20. The summed E-state index contributed by atoms with van der Waals surface area (Å²) in [5.41, 5.74) is 0.890. The third-order valence-corrected chi connectivity index (χ3v) is 3.42. The van der Waals surface area contributed by atoms with Crippen LogP contribution in [0.4, 0.5) is 0 Å². The van der Waals surface area contributed by atoms with Gasteiger partial charge in [-0.25, -0.2) is 4.79 Å². The van der Waals surface area contributed by atoms with Gasteiger partial charge in [0.25, 0.3) is 0 Å². The summed E-state index contributed by atoms with van der Waals surface area (Å²) in [4.78, 5) is 11.3. The predicted octanol–water partition coefficient (Wildman–Crippen LogP) is 4.18. The minimum Gasteiger partial charge on any atom is -0.478 e. The van der Waals surface area contributed by atoms with Crippen LogP contribution < -0.4 is 4.74 Å². The second-order valence-corrected chi connectivity index (χ2v) is 5.58. The molecule has 0 saturated heterocycles. The van der Waals surface area contributed by atoms with Crippen LogP contribution in [0.1, 0.15) is 5.56 Å². The lowest BCUT2D eigenvalue weighted by Gasteiger charge is -2.15. The number of carboxylic acids is 1. The second-order valence-electron chi connectivity index (χ2n) is 4.23. The molecular formula is C15H12BrClO3. The van der Waals surface area contributed by atoms with Crippen LogP contribution in [-0.2, 0) is 11.2 Å². The Bertz CT molecular complexity index is 598. The summed E-state index contributed by atoms with van der Waals surface area (Å²) in [6, 6.07) is 14.1. The standard InChI is InChI=1S/C15H12BrClO3/c16-11-3-1-2-10(8-11)9-14(15(18)19)20-13-6-4-12(17)5-7-13/h1-8,14H,9H2,(H,18,19)/t14-/m0/s1. The number of ether oxygens (including phenoxy) is 1. The van der Waals surface area contributed by atoms with E-state index >= 15 is 0 Å². The molecule has 0 spiro atoms. The summed E-state index contributed by atoms with van der Waals surface area (Å²) in [7, 11) is 0. The predicted molar refractivity (Wildman–Crippen MR) is 81.3 cm³/mol. The molecule has 0 saturated carbocycles. The Morgan fingerprint density at radius 1 is 1.25 bits per heavy atom. The van der Waals surface area contributed by atoms with Crippen LogP contribution in [0.5, 0.6) is 5.75 Å². The molecule has 2 rings (SSSR count). The minimum atomic E-state index is -1.00. The first-order valence-corrected chi connectivity index (χ1v) is 7.11. The number of hydrogen-bond donors (Lipinski definition) is 1. The van der Waals surface area contributed by atoms with E-state index in [2.05, 4.69) is 15.9 Å². The Labute approximate surface area is 130 Å². The Morgan fingerprint density at radius 2 is 1.95 bits per heavy atom. The molecule has 0 aromatic heterocycles. The molecule has 2 aromatic rings. The molecule has 0 fully saturated rings. The van der Waals surface area contributed by atoms with Gasteiger partial charge in [-0.2, -0.15) is 0 Å². The Hall–Kier alpha value is -1.52. The maximum atomic E-state index is 11.3. The molecule has 1 atom stereocenters. The maximum Gasteiger partial charge on any atom is 0.345 e. The maximum absolute atomic E-state index is 11.3. The van der Waals surface area contributed by atoms with Crippen LogP contribution in [0, 0.1) is 0 Å².